The summed E-state index contributed by atoms with van der Waals surface area (Å²) < 4.78 is 49.3. The number of hydrogen-bond acceptors (Lipinski definition) is 7. The van der Waals surface area contributed by atoms with Crippen molar-refractivity contribution in [3.05, 3.63) is 47.4 Å². The van der Waals surface area contributed by atoms with Crippen LogP contribution in [0.4, 0.5) is 24.7 Å². The van der Waals surface area contributed by atoms with Crippen molar-refractivity contribution in [1.29, 1.82) is 0 Å². The van der Waals surface area contributed by atoms with Crippen molar-refractivity contribution in [3.63, 3.8) is 0 Å². The summed E-state index contributed by atoms with van der Waals surface area (Å²) in [6, 6.07) is 4.84. The number of carbonyl (C=O) groups is 1. The minimum Gasteiger partial charge on any atom is -0.481 e. The third kappa shape index (κ3) is 5.17. The fourth-order valence-electron chi connectivity index (χ4n) is 3.38. The van der Waals surface area contributed by atoms with Gasteiger partial charge in [-0.2, -0.15) is 13.2 Å². The number of anilines is 2. The van der Waals surface area contributed by atoms with Gasteiger partial charge in [-0.3, -0.25) is 10.0 Å². The Hall–Kier alpha value is -3.18. The summed E-state index contributed by atoms with van der Waals surface area (Å²) in [7, 11) is 0. The zero-order chi connectivity index (χ0) is 22.7. The second-order valence-electron chi connectivity index (χ2n) is 7.47. The summed E-state index contributed by atoms with van der Waals surface area (Å²) in [5.74, 6) is -0.725. The molecule has 0 bridgehead atoms. The fraction of sp³-hybridized carbons (Fsp3) is 0.381. The molecule has 0 saturated heterocycles. The monoisotopic (exact) mass is 450 g/mol. The highest BCUT2D eigenvalue weighted by molar-refractivity contribution is 5.97. The van der Waals surface area contributed by atoms with Crippen LogP contribution in [0.1, 0.15) is 46.9 Å². The van der Waals surface area contributed by atoms with Gasteiger partial charge in [0.25, 0.3) is 5.91 Å². The number of amides is 1. The van der Waals surface area contributed by atoms with E-state index in [2.05, 4.69) is 15.3 Å². The molecule has 11 heteroatoms. The van der Waals surface area contributed by atoms with E-state index in [1.54, 1.807) is 18.2 Å². The van der Waals surface area contributed by atoms with Gasteiger partial charge < -0.3 is 14.8 Å². The molecule has 1 aliphatic carbocycles. The Bertz CT molecular complexity index is 1040. The van der Waals surface area contributed by atoms with E-state index in [0.717, 1.165) is 18.4 Å². The number of para-hydroxylation sites is 1. The van der Waals surface area contributed by atoms with Crippen molar-refractivity contribution in [2.24, 2.45) is 0 Å². The first-order valence-electron chi connectivity index (χ1n) is 10.0. The third-order valence-corrected chi connectivity index (χ3v) is 5.06. The summed E-state index contributed by atoms with van der Waals surface area (Å²) >= 11 is 0. The highest BCUT2D eigenvalue weighted by Gasteiger charge is 2.31. The Balaban J connectivity index is 1.73. The van der Waals surface area contributed by atoms with Crippen molar-refractivity contribution in [1.82, 2.24) is 15.4 Å². The number of ether oxygens (including phenoxy) is 2. The molecular formula is C21H21F3N4O4. The van der Waals surface area contributed by atoms with E-state index >= 15 is 0 Å². The smallest absolute Gasteiger partial charge is 0.422 e. The Morgan fingerprint density at radius 1 is 1.31 bits per heavy atom. The van der Waals surface area contributed by atoms with Gasteiger partial charge in [0.15, 0.2) is 23.9 Å². The molecule has 0 atom stereocenters. The predicted molar refractivity (Wildman–Crippen MR) is 108 cm³/mol. The molecule has 2 aromatic rings. The zero-order valence-corrected chi connectivity index (χ0v) is 16.9. The van der Waals surface area contributed by atoms with Gasteiger partial charge >= 0.3 is 6.18 Å². The Labute approximate surface area is 181 Å². The Morgan fingerprint density at radius 2 is 2.12 bits per heavy atom. The molecule has 0 spiro atoms. The molecule has 1 aromatic carbocycles. The molecule has 32 heavy (non-hydrogen) atoms. The summed E-state index contributed by atoms with van der Waals surface area (Å²) in [6.07, 6.45) is 1.13. The van der Waals surface area contributed by atoms with Gasteiger partial charge in [0.1, 0.15) is 0 Å². The first kappa shape index (κ1) is 22.0. The van der Waals surface area contributed by atoms with E-state index in [4.69, 9.17) is 14.7 Å². The number of halogens is 3. The average Bonchev–Trinajstić information content (AvgIpc) is 3.63. The first-order chi connectivity index (χ1) is 15.4. The third-order valence-electron chi connectivity index (χ3n) is 5.06. The molecule has 2 aliphatic rings. The largest absolute Gasteiger partial charge is 0.481 e. The molecule has 1 aliphatic heterocycles. The number of carbonyl (C=O) groups excluding carboxylic acids is 1. The molecule has 3 N–H and O–H groups in total. The summed E-state index contributed by atoms with van der Waals surface area (Å²) in [5, 5.41) is 12.0. The summed E-state index contributed by atoms with van der Waals surface area (Å²) in [6.45, 7) is -0.698. The molecule has 1 aromatic heterocycles. The van der Waals surface area contributed by atoms with Gasteiger partial charge in [-0.15, -0.1) is 0 Å². The number of aromatic nitrogens is 2. The van der Waals surface area contributed by atoms with Crippen LogP contribution in [0.2, 0.25) is 0 Å². The minimum absolute atomic E-state index is 0.0177. The lowest BCUT2D eigenvalue weighted by Gasteiger charge is -2.21. The molecule has 170 valence electrons. The van der Waals surface area contributed by atoms with Gasteiger partial charge in [-0.25, -0.2) is 15.4 Å². The number of rotatable bonds is 7. The van der Waals surface area contributed by atoms with Crippen molar-refractivity contribution in [2.45, 2.75) is 31.4 Å². The highest BCUT2D eigenvalue weighted by atomic mass is 19.4. The van der Waals surface area contributed by atoms with Crippen LogP contribution in [0, 0.1) is 0 Å². The fourth-order valence-corrected chi connectivity index (χ4v) is 3.38. The molecule has 1 saturated carbocycles. The normalized spacial score (nSPS) is 16.3. The van der Waals surface area contributed by atoms with Crippen molar-refractivity contribution in [2.75, 3.05) is 25.1 Å². The summed E-state index contributed by atoms with van der Waals surface area (Å²) in [4.78, 5) is 20.7. The minimum atomic E-state index is -4.54. The number of nitrogens with one attached hydrogen (secondary N) is 2. The van der Waals surface area contributed by atoms with Crippen molar-refractivity contribution in [3.8, 4) is 5.75 Å². The second-order valence-corrected chi connectivity index (χ2v) is 7.47. The SMILES string of the molecule is O=C(NO)c1nc(C2CC2)cnc1Nc1cccc(C2=CCOCC2)c1OCC(F)(F)F. The quantitative estimate of drug-likeness (QED) is 0.433. The van der Waals surface area contributed by atoms with Crippen molar-refractivity contribution >= 4 is 23.0 Å². The second kappa shape index (κ2) is 9.13. The van der Waals surface area contributed by atoms with Crippen molar-refractivity contribution < 1.29 is 32.6 Å². The van der Waals surface area contributed by atoms with Crippen LogP contribution in [0.15, 0.2) is 30.5 Å². The summed E-state index contributed by atoms with van der Waals surface area (Å²) in [5.41, 5.74) is 3.43. The standard InChI is InChI=1S/C21H21F3N4O4/c22-21(23,24)11-32-18-14(12-6-8-31-9-7-12)2-1-3-15(18)27-19-17(20(29)28-30)26-16(10-25-19)13-4-5-13/h1-3,6,10,13,30H,4-5,7-9,11H2,(H,25,27)(H,28,29). The molecule has 8 nitrogen and oxygen atoms in total. The highest BCUT2D eigenvalue weighted by Crippen LogP contribution is 2.40. The molecule has 4 rings (SSSR count). The number of benzene rings is 1. The molecule has 1 amide bonds. The topological polar surface area (TPSA) is 106 Å². The van der Waals surface area contributed by atoms with Gasteiger partial charge in [0.2, 0.25) is 0 Å². The Morgan fingerprint density at radius 3 is 2.78 bits per heavy atom. The van der Waals surface area contributed by atoms with Crippen LogP contribution < -0.4 is 15.5 Å². The Kier molecular flexibility index (Phi) is 6.28. The molecular weight excluding hydrogens is 429 g/mol. The van der Waals surface area contributed by atoms with Crippen LogP contribution in [0.3, 0.4) is 0 Å². The lowest BCUT2D eigenvalue weighted by Crippen LogP contribution is -2.23. The van der Waals surface area contributed by atoms with E-state index in [1.165, 1.54) is 17.7 Å². The number of hydroxylamine groups is 1. The van der Waals surface area contributed by atoms with E-state index in [-0.39, 0.29) is 28.9 Å². The van der Waals surface area contributed by atoms with Crippen LogP contribution in [-0.2, 0) is 4.74 Å². The first-order valence-corrected chi connectivity index (χ1v) is 10.0. The molecule has 0 radical (unpaired) electrons. The van der Waals surface area contributed by atoms with E-state index in [0.29, 0.717) is 30.9 Å². The molecule has 2 heterocycles. The maximum Gasteiger partial charge on any atom is 0.422 e. The van der Waals surface area contributed by atoms with Crippen LogP contribution in [0.25, 0.3) is 5.57 Å². The zero-order valence-electron chi connectivity index (χ0n) is 16.9. The van der Waals surface area contributed by atoms with Gasteiger partial charge in [0, 0.05) is 11.5 Å². The van der Waals surface area contributed by atoms with Gasteiger partial charge in [0.05, 0.1) is 30.8 Å². The van der Waals surface area contributed by atoms with E-state index < -0.39 is 18.7 Å². The van der Waals surface area contributed by atoms with Crippen LogP contribution >= 0.6 is 0 Å². The molecule has 0 unspecified atom stereocenters. The van der Waals surface area contributed by atoms with Gasteiger partial charge in [-0.1, -0.05) is 18.2 Å². The van der Waals surface area contributed by atoms with Crippen LogP contribution in [0.5, 0.6) is 5.75 Å². The maximum absolute atomic E-state index is 12.9. The maximum atomic E-state index is 12.9. The average molecular weight is 450 g/mol. The van der Waals surface area contributed by atoms with Gasteiger partial charge in [-0.05, 0) is 30.9 Å². The van der Waals surface area contributed by atoms with E-state index in [1.807, 2.05) is 0 Å². The lowest BCUT2D eigenvalue weighted by atomic mass is 9.99. The van der Waals surface area contributed by atoms with E-state index in [9.17, 15) is 18.0 Å². The number of hydrogen-bond donors (Lipinski definition) is 3. The lowest BCUT2D eigenvalue weighted by molar-refractivity contribution is -0.153. The number of alkyl halides is 3. The molecule has 1 fully saturated rings. The van der Waals surface area contributed by atoms with Crippen LogP contribution in [-0.4, -0.2) is 47.1 Å². The number of nitrogens with zero attached hydrogens (tertiary/aromatic N) is 2. The predicted octanol–water partition coefficient (Wildman–Crippen LogP) is 3.96.